The van der Waals surface area contributed by atoms with E-state index in [-0.39, 0.29) is 5.82 Å². The second kappa shape index (κ2) is 9.16. The van der Waals surface area contributed by atoms with Crippen LogP contribution in [-0.2, 0) is 6.42 Å². The lowest BCUT2D eigenvalue weighted by atomic mass is 10.00. The smallest absolute Gasteiger partial charge is 0.227 e. The van der Waals surface area contributed by atoms with Crippen molar-refractivity contribution in [1.82, 2.24) is 14.9 Å². The van der Waals surface area contributed by atoms with Crippen LogP contribution in [0.4, 0.5) is 21.7 Å². The van der Waals surface area contributed by atoms with E-state index in [2.05, 4.69) is 39.3 Å². The van der Waals surface area contributed by atoms with Crippen LogP contribution in [0.25, 0.3) is 22.0 Å². The van der Waals surface area contributed by atoms with Crippen LogP contribution in [0.2, 0.25) is 0 Å². The first-order chi connectivity index (χ1) is 16.1. The van der Waals surface area contributed by atoms with E-state index in [9.17, 15) is 4.39 Å². The number of nitrogens with one attached hydrogen (secondary N) is 1. The fourth-order valence-corrected chi connectivity index (χ4v) is 4.30. The summed E-state index contributed by atoms with van der Waals surface area (Å²) < 4.78 is 14.9. The number of hydrogen-bond donors (Lipinski definition) is 1. The van der Waals surface area contributed by atoms with Crippen molar-refractivity contribution >= 4 is 28.2 Å². The molecule has 0 radical (unpaired) electrons. The Hall–Kier alpha value is -3.51. The second-order valence-electron chi connectivity index (χ2n) is 8.57. The highest BCUT2D eigenvalue weighted by molar-refractivity contribution is 5.94. The minimum Gasteiger partial charge on any atom is -0.369 e. The largest absolute Gasteiger partial charge is 0.369 e. The Morgan fingerprint density at radius 2 is 1.76 bits per heavy atom. The Morgan fingerprint density at radius 1 is 0.939 bits per heavy atom. The van der Waals surface area contributed by atoms with Crippen molar-refractivity contribution in [2.75, 3.05) is 43.4 Å². The fraction of sp³-hybridized carbons (Fsp3) is 0.259. The zero-order chi connectivity index (χ0) is 22.8. The number of anilines is 3. The highest BCUT2D eigenvalue weighted by Gasteiger charge is 2.15. The van der Waals surface area contributed by atoms with Crippen molar-refractivity contribution in [2.45, 2.75) is 13.3 Å². The van der Waals surface area contributed by atoms with Gasteiger partial charge in [-0.05, 0) is 43.3 Å². The molecule has 1 N–H and O–H groups in total. The molecule has 0 atom stereocenters. The van der Waals surface area contributed by atoms with Gasteiger partial charge in [-0.25, -0.2) is 14.4 Å². The first-order valence-corrected chi connectivity index (χ1v) is 11.5. The average Bonchev–Trinajstić information content (AvgIpc) is 2.84. The number of likely N-dealkylation sites (N-methyl/N-ethyl adjacent to an activating group) is 1. The number of piperazine rings is 1. The van der Waals surface area contributed by atoms with Crippen LogP contribution in [0.15, 0.2) is 66.9 Å². The van der Waals surface area contributed by atoms with E-state index in [4.69, 9.17) is 4.98 Å². The van der Waals surface area contributed by atoms with Crippen molar-refractivity contribution < 1.29 is 4.39 Å². The van der Waals surface area contributed by atoms with Gasteiger partial charge < -0.3 is 15.1 Å². The molecule has 5 nitrogen and oxygen atoms in total. The lowest BCUT2D eigenvalue weighted by Crippen LogP contribution is -2.44. The van der Waals surface area contributed by atoms with Gasteiger partial charge in [-0.3, -0.25) is 0 Å². The molecule has 0 spiro atoms. The monoisotopic (exact) mass is 441 g/mol. The Kier molecular flexibility index (Phi) is 5.92. The van der Waals surface area contributed by atoms with Crippen LogP contribution in [0.3, 0.4) is 0 Å². The van der Waals surface area contributed by atoms with E-state index in [0.717, 1.165) is 60.3 Å². The molecule has 33 heavy (non-hydrogen) atoms. The molecule has 6 heteroatoms. The van der Waals surface area contributed by atoms with Crippen LogP contribution in [-0.4, -0.2) is 48.1 Å². The summed E-state index contributed by atoms with van der Waals surface area (Å²) in [5.74, 6) is 0.269. The molecule has 0 bridgehead atoms. The molecule has 1 fully saturated rings. The molecule has 1 aromatic heterocycles. The number of para-hydroxylation sites is 1. The summed E-state index contributed by atoms with van der Waals surface area (Å²) in [6, 6.07) is 19.5. The Morgan fingerprint density at radius 3 is 2.55 bits per heavy atom. The summed E-state index contributed by atoms with van der Waals surface area (Å²) in [6.07, 6.45) is 2.59. The van der Waals surface area contributed by atoms with Crippen LogP contribution in [0.5, 0.6) is 0 Å². The molecule has 1 saturated heterocycles. The number of aromatic nitrogens is 2. The molecule has 0 amide bonds. The van der Waals surface area contributed by atoms with E-state index in [1.54, 1.807) is 12.3 Å². The third kappa shape index (κ3) is 4.52. The van der Waals surface area contributed by atoms with Crippen LogP contribution in [0.1, 0.15) is 12.5 Å². The van der Waals surface area contributed by atoms with Gasteiger partial charge >= 0.3 is 0 Å². The highest BCUT2D eigenvalue weighted by atomic mass is 19.1. The fourth-order valence-electron chi connectivity index (χ4n) is 4.30. The van der Waals surface area contributed by atoms with Gasteiger partial charge in [-0.1, -0.05) is 43.3 Å². The van der Waals surface area contributed by atoms with E-state index in [0.29, 0.717) is 11.5 Å². The molecular weight excluding hydrogens is 413 g/mol. The molecule has 4 aromatic rings. The maximum absolute atomic E-state index is 14.9. The van der Waals surface area contributed by atoms with Gasteiger partial charge in [-0.15, -0.1) is 0 Å². The third-order valence-electron chi connectivity index (χ3n) is 6.31. The van der Waals surface area contributed by atoms with Gasteiger partial charge in [0.25, 0.3) is 0 Å². The number of fused-ring (bicyclic) bond motifs is 1. The number of rotatable bonds is 5. The van der Waals surface area contributed by atoms with Crippen molar-refractivity contribution in [3.8, 4) is 11.1 Å². The summed E-state index contributed by atoms with van der Waals surface area (Å²) in [6.45, 7) is 6.17. The summed E-state index contributed by atoms with van der Waals surface area (Å²) >= 11 is 0. The topological polar surface area (TPSA) is 44.3 Å². The molecule has 1 aliphatic heterocycles. The predicted octanol–water partition coefficient (Wildman–Crippen LogP) is 5.49. The molecule has 0 unspecified atom stereocenters. The Balaban J connectivity index is 1.46. The van der Waals surface area contributed by atoms with E-state index < -0.39 is 0 Å². The van der Waals surface area contributed by atoms with Crippen LogP contribution >= 0.6 is 0 Å². The quantitative estimate of drug-likeness (QED) is 0.443. The average molecular weight is 442 g/mol. The normalized spacial score (nSPS) is 14.6. The standard InChI is InChI=1S/C27H28FN5/c1-3-19-10-11-23(25(28)16-19)24-9-4-6-20-18-29-27(31-26(20)24)30-21-7-5-8-22(17-21)33-14-12-32(2)13-15-33/h4-11,16-18H,3,12-15H2,1-2H3,(H,29,30,31). The van der Waals surface area contributed by atoms with Crippen molar-refractivity contribution in [3.63, 3.8) is 0 Å². The summed E-state index contributed by atoms with van der Waals surface area (Å²) in [4.78, 5) is 14.0. The SMILES string of the molecule is CCc1ccc(-c2cccc3cnc(Nc4cccc(N5CCN(C)CC5)c4)nc23)c(F)c1. The van der Waals surface area contributed by atoms with E-state index >= 15 is 0 Å². The first kappa shape index (κ1) is 21.3. The van der Waals surface area contributed by atoms with Gasteiger partial charge in [0.2, 0.25) is 5.95 Å². The maximum atomic E-state index is 14.9. The van der Waals surface area contributed by atoms with Gasteiger partial charge in [-0.2, -0.15) is 0 Å². The minimum atomic E-state index is -0.227. The Bertz CT molecular complexity index is 1280. The lowest BCUT2D eigenvalue weighted by Gasteiger charge is -2.34. The second-order valence-corrected chi connectivity index (χ2v) is 8.57. The number of benzene rings is 3. The highest BCUT2D eigenvalue weighted by Crippen LogP contribution is 2.31. The third-order valence-corrected chi connectivity index (χ3v) is 6.31. The van der Waals surface area contributed by atoms with E-state index in [1.807, 2.05) is 49.4 Å². The summed E-state index contributed by atoms with van der Waals surface area (Å²) in [5.41, 5.74) is 5.15. The molecule has 2 heterocycles. The van der Waals surface area contributed by atoms with Gasteiger partial charge in [0, 0.05) is 60.3 Å². The van der Waals surface area contributed by atoms with Gasteiger partial charge in [0.15, 0.2) is 0 Å². The maximum Gasteiger partial charge on any atom is 0.227 e. The van der Waals surface area contributed by atoms with Gasteiger partial charge in [0.05, 0.1) is 5.52 Å². The molecule has 0 aliphatic carbocycles. The van der Waals surface area contributed by atoms with Crippen molar-refractivity contribution in [3.05, 3.63) is 78.2 Å². The molecule has 3 aromatic carbocycles. The number of aryl methyl sites for hydroxylation is 1. The summed E-state index contributed by atoms with van der Waals surface area (Å²) in [7, 11) is 2.16. The number of nitrogens with zero attached hydrogens (tertiary/aromatic N) is 4. The van der Waals surface area contributed by atoms with Crippen molar-refractivity contribution in [1.29, 1.82) is 0 Å². The first-order valence-electron chi connectivity index (χ1n) is 11.5. The zero-order valence-electron chi connectivity index (χ0n) is 19.1. The van der Waals surface area contributed by atoms with Crippen molar-refractivity contribution in [2.24, 2.45) is 0 Å². The predicted molar refractivity (Wildman–Crippen MR) is 134 cm³/mol. The molecule has 168 valence electrons. The molecule has 1 aliphatic rings. The number of hydrogen-bond acceptors (Lipinski definition) is 5. The lowest BCUT2D eigenvalue weighted by molar-refractivity contribution is 0.313. The van der Waals surface area contributed by atoms with E-state index in [1.165, 1.54) is 5.69 Å². The summed E-state index contributed by atoms with van der Waals surface area (Å²) in [5, 5.41) is 4.22. The van der Waals surface area contributed by atoms with Gasteiger partial charge in [0.1, 0.15) is 5.82 Å². The minimum absolute atomic E-state index is 0.227. The van der Waals surface area contributed by atoms with Crippen LogP contribution in [0, 0.1) is 5.82 Å². The Labute approximate surface area is 193 Å². The molecular formula is C27H28FN5. The molecule has 0 saturated carbocycles. The number of halogens is 1. The molecule has 5 rings (SSSR count). The van der Waals surface area contributed by atoms with Crippen LogP contribution < -0.4 is 10.2 Å². The zero-order valence-corrected chi connectivity index (χ0v) is 19.1.